The zero-order valence-electron chi connectivity index (χ0n) is 15.2. The Balaban J connectivity index is 1.82. The summed E-state index contributed by atoms with van der Waals surface area (Å²) in [5, 5.41) is 2.07. The fourth-order valence-corrected chi connectivity index (χ4v) is 3.51. The highest BCUT2D eigenvalue weighted by Crippen LogP contribution is 2.29. The second-order valence-corrected chi connectivity index (χ2v) is 6.56. The van der Waals surface area contributed by atoms with Crippen molar-refractivity contribution >= 4 is 11.8 Å². The summed E-state index contributed by atoms with van der Waals surface area (Å²) in [6, 6.07) is 14.3. The smallest absolute Gasteiger partial charge is 0.231 e. The number of nitrogens with zero attached hydrogens (tertiary/aromatic N) is 2. The van der Waals surface area contributed by atoms with Crippen molar-refractivity contribution in [1.82, 2.24) is 9.66 Å². The number of nitrogens with one attached hydrogen (secondary N) is 1. The molecule has 0 atom stereocenters. The van der Waals surface area contributed by atoms with Crippen molar-refractivity contribution in [2.24, 2.45) is 0 Å². The largest absolute Gasteiger partial charge is 0.454 e. The van der Waals surface area contributed by atoms with Crippen LogP contribution in [0.1, 0.15) is 22.8 Å². The van der Waals surface area contributed by atoms with Crippen LogP contribution in [0.4, 0.5) is 0 Å². The van der Waals surface area contributed by atoms with E-state index < -0.39 is 0 Å². The Morgan fingerprint density at radius 3 is 2.70 bits per heavy atom. The van der Waals surface area contributed by atoms with Crippen molar-refractivity contribution in [3.05, 3.63) is 75.7 Å². The van der Waals surface area contributed by atoms with Gasteiger partial charge in [0.1, 0.15) is 0 Å². The van der Waals surface area contributed by atoms with Gasteiger partial charge in [0.15, 0.2) is 17.3 Å². The zero-order valence-corrected chi connectivity index (χ0v) is 15.2. The van der Waals surface area contributed by atoms with Crippen LogP contribution in [0.2, 0.25) is 0 Å². The first-order valence-corrected chi connectivity index (χ1v) is 8.80. The second kappa shape index (κ2) is 6.17. The van der Waals surface area contributed by atoms with Crippen molar-refractivity contribution in [1.29, 1.82) is 0 Å². The fraction of sp³-hybridized carbons (Fsp3) is 0.190. The molecule has 0 unspecified atom stereocenters. The predicted octanol–water partition coefficient (Wildman–Crippen LogP) is 1.61. The third-order valence-electron chi connectivity index (χ3n) is 4.90. The van der Waals surface area contributed by atoms with Crippen molar-refractivity contribution < 1.29 is 14.2 Å². The third-order valence-corrected chi connectivity index (χ3v) is 4.90. The Hall–Kier alpha value is -3.25. The molecule has 2 aromatic carbocycles. The molecule has 27 heavy (non-hydrogen) atoms. The van der Waals surface area contributed by atoms with E-state index in [1.807, 2.05) is 41.9 Å². The van der Waals surface area contributed by atoms with Gasteiger partial charge in [-0.25, -0.2) is 9.66 Å². The molecule has 1 aromatic heterocycles. The van der Waals surface area contributed by atoms with Gasteiger partial charge in [-0.3, -0.25) is 5.43 Å². The maximum Gasteiger partial charge on any atom is 0.231 e. The highest BCUT2D eigenvalue weighted by Gasteiger charge is 2.20. The van der Waals surface area contributed by atoms with E-state index in [-0.39, 0.29) is 6.79 Å². The van der Waals surface area contributed by atoms with E-state index in [1.165, 1.54) is 0 Å². The summed E-state index contributed by atoms with van der Waals surface area (Å²) in [6.45, 7) is 2.75. The Bertz CT molecular complexity index is 1150. The van der Waals surface area contributed by atoms with Crippen LogP contribution in [0.25, 0.3) is 11.8 Å². The van der Waals surface area contributed by atoms with Crippen LogP contribution in [0.15, 0.2) is 42.5 Å². The molecule has 6 heteroatoms. The molecule has 3 aromatic rings. The molecule has 0 radical (unpaired) electrons. The first kappa shape index (κ1) is 16.0. The average molecular weight is 361 g/mol. The van der Waals surface area contributed by atoms with Crippen LogP contribution in [-0.2, 0) is 11.3 Å². The highest BCUT2D eigenvalue weighted by molar-refractivity contribution is 5.72. The first-order valence-electron chi connectivity index (χ1n) is 8.80. The molecule has 0 saturated carbocycles. The zero-order chi connectivity index (χ0) is 18.4. The van der Waals surface area contributed by atoms with Crippen LogP contribution in [0.3, 0.4) is 0 Å². The lowest BCUT2D eigenvalue weighted by atomic mass is 10.1. The highest BCUT2D eigenvalue weighted by atomic mass is 16.7. The molecule has 0 fully saturated rings. The Morgan fingerprint density at radius 1 is 1.15 bits per heavy atom. The SMILES string of the molecule is COCc1nc2n(c1C)NC(c1ccccc1)=c1cc3c(cc1=C2)OCO3. The number of benzene rings is 2. The number of rotatable bonds is 3. The molecule has 2 aliphatic heterocycles. The molecule has 5 rings (SSSR count). The number of methoxy groups -OCH3 is 1. The van der Waals surface area contributed by atoms with Crippen LogP contribution in [0, 0.1) is 6.92 Å². The van der Waals surface area contributed by atoms with Crippen LogP contribution >= 0.6 is 0 Å². The summed E-state index contributed by atoms with van der Waals surface area (Å²) in [4.78, 5) is 4.76. The van der Waals surface area contributed by atoms with E-state index in [4.69, 9.17) is 19.2 Å². The topological polar surface area (TPSA) is 57.5 Å². The summed E-state index contributed by atoms with van der Waals surface area (Å²) in [5.41, 5.74) is 7.56. The first-order chi connectivity index (χ1) is 13.2. The van der Waals surface area contributed by atoms with Gasteiger partial charge in [0.05, 0.1) is 23.7 Å². The lowest BCUT2D eigenvalue weighted by molar-refractivity contribution is 0.174. The standard InChI is InChI=1S/C21H19N3O3/c1-13-17(11-25-2)22-20-9-15-8-18-19(27-12-26-18)10-16(15)21(23-24(13)20)14-6-4-3-5-7-14/h3-10,23H,11-12H2,1-2H3. The van der Waals surface area contributed by atoms with Crippen molar-refractivity contribution in [3.8, 4) is 11.5 Å². The summed E-state index contributed by atoms with van der Waals surface area (Å²) < 4.78 is 18.5. The van der Waals surface area contributed by atoms with Gasteiger partial charge in [-0.05, 0) is 30.4 Å². The van der Waals surface area contributed by atoms with E-state index in [9.17, 15) is 0 Å². The van der Waals surface area contributed by atoms with Gasteiger partial charge in [0.25, 0.3) is 0 Å². The number of ether oxygens (including phenoxy) is 3. The maximum atomic E-state index is 5.61. The second-order valence-electron chi connectivity index (χ2n) is 6.56. The predicted molar refractivity (Wildman–Crippen MR) is 101 cm³/mol. The lowest BCUT2D eigenvalue weighted by Gasteiger charge is -2.14. The molecule has 136 valence electrons. The van der Waals surface area contributed by atoms with Crippen molar-refractivity contribution in [2.45, 2.75) is 13.5 Å². The number of aromatic nitrogens is 2. The Morgan fingerprint density at radius 2 is 1.93 bits per heavy atom. The summed E-state index contributed by atoms with van der Waals surface area (Å²) in [5.74, 6) is 2.34. The quantitative estimate of drug-likeness (QED) is 0.768. The molecule has 0 saturated heterocycles. The molecule has 0 amide bonds. The minimum absolute atomic E-state index is 0.248. The minimum Gasteiger partial charge on any atom is -0.454 e. The van der Waals surface area contributed by atoms with E-state index in [1.54, 1.807) is 7.11 Å². The Labute approximate surface area is 156 Å². The summed E-state index contributed by atoms with van der Waals surface area (Å²) in [7, 11) is 1.68. The number of imidazole rings is 1. The van der Waals surface area contributed by atoms with Crippen molar-refractivity contribution in [2.75, 3.05) is 19.3 Å². The van der Waals surface area contributed by atoms with Gasteiger partial charge in [-0.15, -0.1) is 0 Å². The third kappa shape index (κ3) is 2.57. The van der Waals surface area contributed by atoms with Gasteiger partial charge in [-0.2, -0.15) is 0 Å². The van der Waals surface area contributed by atoms with Gasteiger partial charge in [0, 0.05) is 17.9 Å². The fourth-order valence-electron chi connectivity index (χ4n) is 3.51. The molecule has 6 nitrogen and oxygen atoms in total. The number of hydrogen-bond donors (Lipinski definition) is 1. The molecular weight excluding hydrogens is 342 g/mol. The van der Waals surface area contributed by atoms with Crippen molar-refractivity contribution in [3.63, 3.8) is 0 Å². The monoisotopic (exact) mass is 361 g/mol. The molecular formula is C21H19N3O3. The van der Waals surface area contributed by atoms with Gasteiger partial charge >= 0.3 is 0 Å². The molecule has 0 aliphatic carbocycles. The van der Waals surface area contributed by atoms with Gasteiger partial charge in [0.2, 0.25) is 6.79 Å². The maximum absolute atomic E-state index is 5.61. The van der Waals surface area contributed by atoms with Gasteiger partial charge in [-0.1, -0.05) is 30.3 Å². The molecule has 1 N–H and O–H groups in total. The molecule has 3 heterocycles. The van der Waals surface area contributed by atoms with E-state index >= 15 is 0 Å². The normalized spacial score (nSPS) is 14.1. The minimum atomic E-state index is 0.248. The lowest BCUT2D eigenvalue weighted by Crippen LogP contribution is -2.30. The van der Waals surface area contributed by atoms with E-state index in [0.717, 1.165) is 50.4 Å². The summed E-state index contributed by atoms with van der Waals surface area (Å²) >= 11 is 0. The van der Waals surface area contributed by atoms with E-state index in [2.05, 4.69) is 23.6 Å². The van der Waals surface area contributed by atoms with Crippen LogP contribution < -0.4 is 25.3 Å². The number of fused-ring (bicyclic) bond motifs is 3. The average Bonchev–Trinajstić information content (AvgIpc) is 3.21. The van der Waals surface area contributed by atoms with Crippen LogP contribution in [-0.4, -0.2) is 23.6 Å². The molecule has 0 bridgehead atoms. The van der Waals surface area contributed by atoms with E-state index in [0.29, 0.717) is 6.61 Å². The Kier molecular flexibility index (Phi) is 3.65. The van der Waals surface area contributed by atoms with Crippen LogP contribution in [0.5, 0.6) is 11.5 Å². The number of hydrogen-bond acceptors (Lipinski definition) is 5. The molecule has 2 aliphatic rings. The summed E-state index contributed by atoms with van der Waals surface area (Å²) in [6.07, 6.45) is 2.06. The molecule has 0 spiro atoms. The van der Waals surface area contributed by atoms with Gasteiger partial charge < -0.3 is 14.2 Å².